The molecule has 0 atom stereocenters. The largest absolute Gasteiger partial charge is 0.268 e. The van der Waals surface area contributed by atoms with Crippen molar-refractivity contribution in [3.8, 4) is 16.9 Å². The van der Waals surface area contributed by atoms with E-state index in [0.29, 0.717) is 27.2 Å². The highest BCUT2D eigenvalue weighted by Gasteiger charge is 2.21. The van der Waals surface area contributed by atoms with Crippen molar-refractivity contribution in [1.29, 1.82) is 0 Å². The summed E-state index contributed by atoms with van der Waals surface area (Å²) in [4.78, 5) is 12.1. The minimum Gasteiger partial charge on any atom is -0.268 e. The lowest BCUT2D eigenvalue weighted by molar-refractivity contribution is 0.0981. The van der Waals surface area contributed by atoms with Crippen molar-refractivity contribution in [1.82, 2.24) is 14.5 Å². The lowest BCUT2D eigenvalue weighted by Gasteiger charge is -2.10. The average molecular weight is 496 g/mol. The molecule has 0 spiro atoms. The number of hydrogen-bond acceptors (Lipinski definition) is 4. The van der Waals surface area contributed by atoms with Gasteiger partial charge < -0.3 is 0 Å². The molecule has 0 saturated heterocycles. The van der Waals surface area contributed by atoms with E-state index in [2.05, 4.69) is 5.10 Å². The molecule has 1 aromatic heterocycles. The van der Waals surface area contributed by atoms with E-state index in [1.165, 1.54) is 22.9 Å². The van der Waals surface area contributed by atoms with Crippen LogP contribution in [-0.4, -0.2) is 30.4 Å². The van der Waals surface area contributed by atoms with Crippen LogP contribution in [0.4, 0.5) is 8.78 Å². The summed E-state index contributed by atoms with van der Waals surface area (Å²) < 4.78 is 54.5. The van der Waals surface area contributed by atoms with Gasteiger partial charge in [-0.2, -0.15) is 5.10 Å². The van der Waals surface area contributed by atoms with Gasteiger partial charge in [-0.25, -0.2) is 26.6 Å². The van der Waals surface area contributed by atoms with Crippen LogP contribution < -0.4 is 4.72 Å². The quantitative estimate of drug-likeness (QED) is 0.433. The monoisotopic (exact) mass is 495 g/mol. The smallest absolute Gasteiger partial charge is 0.266 e. The number of aromatic nitrogens is 2. The summed E-state index contributed by atoms with van der Waals surface area (Å²) in [5, 5.41) is 5.20. The van der Waals surface area contributed by atoms with Gasteiger partial charge >= 0.3 is 0 Å². The fourth-order valence-corrected chi connectivity index (χ4v) is 4.08. The molecule has 0 fully saturated rings. The van der Waals surface area contributed by atoms with Gasteiger partial charge in [-0.15, -0.1) is 0 Å². The van der Waals surface area contributed by atoms with E-state index in [1.54, 1.807) is 29.0 Å². The molecule has 1 heterocycles. The molecule has 0 aliphatic heterocycles. The molecule has 1 N–H and O–H groups in total. The van der Waals surface area contributed by atoms with Crippen molar-refractivity contribution in [2.24, 2.45) is 0 Å². The van der Waals surface area contributed by atoms with Crippen LogP contribution >= 0.6 is 23.2 Å². The van der Waals surface area contributed by atoms with Crippen molar-refractivity contribution in [2.75, 3.05) is 6.26 Å². The summed E-state index contributed by atoms with van der Waals surface area (Å²) in [6.45, 7) is 0. The van der Waals surface area contributed by atoms with E-state index >= 15 is 4.39 Å². The van der Waals surface area contributed by atoms with E-state index in [-0.39, 0.29) is 16.3 Å². The number of fused-ring (bicyclic) bond motifs is 1. The first-order valence-corrected chi connectivity index (χ1v) is 11.6. The minimum atomic E-state index is -3.87. The van der Waals surface area contributed by atoms with Gasteiger partial charge in [0.05, 0.1) is 22.4 Å². The molecular weight excluding hydrogens is 483 g/mol. The molecule has 0 bridgehead atoms. The standard InChI is InChI=1S/C21H13Cl2F2N3O3S/c1-32(30,31)27-21(29)14-9-17(25)19(10-16(14)23)28-18-6-5-12(22)8-15(18)20(26-28)11-3-2-4-13(24)7-11/h2-10H,1H3,(H,27,29). The number of carbonyl (C=O) groups excluding carboxylic acids is 1. The van der Waals surface area contributed by atoms with Gasteiger partial charge in [0.2, 0.25) is 10.0 Å². The fourth-order valence-electron chi connectivity index (χ4n) is 3.22. The van der Waals surface area contributed by atoms with Crippen molar-refractivity contribution < 1.29 is 22.0 Å². The highest BCUT2D eigenvalue weighted by atomic mass is 35.5. The number of sulfonamides is 1. The molecule has 3 aromatic carbocycles. The van der Waals surface area contributed by atoms with E-state index in [1.807, 2.05) is 0 Å². The van der Waals surface area contributed by atoms with Crippen LogP contribution in [0, 0.1) is 11.6 Å². The number of nitrogens with zero attached hydrogens (tertiary/aromatic N) is 2. The number of carbonyl (C=O) groups is 1. The van der Waals surface area contributed by atoms with Crippen LogP contribution in [0.2, 0.25) is 10.0 Å². The minimum absolute atomic E-state index is 0.0964. The van der Waals surface area contributed by atoms with E-state index in [0.717, 1.165) is 18.4 Å². The van der Waals surface area contributed by atoms with Gasteiger partial charge in [0.15, 0.2) is 0 Å². The Bertz CT molecular complexity index is 1500. The predicted molar refractivity (Wildman–Crippen MR) is 119 cm³/mol. The highest BCUT2D eigenvalue weighted by Crippen LogP contribution is 2.34. The van der Waals surface area contributed by atoms with Crippen molar-refractivity contribution in [2.45, 2.75) is 0 Å². The topological polar surface area (TPSA) is 81.1 Å². The molecule has 4 aromatic rings. The molecule has 11 heteroatoms. The second kappa shape index (κ2) is 8.16. The summed E-state index contributed by atoms with van der Waals surface area (Å²) in [6.07, 6.45) is 0.790. The molecule has 1 amide bonds. The van der Waals surface area contributed by atoms with Crippen molar-refractivity contribution >= 4 is 50.0 Å². The maximum atomic E-state index is 15.1. The Labute approximate surface area is 191 Å². The van der Waals surface area contributed by atoms with Gasteiger partial charge in [-0.1, -0.05) is 35.3 Å². The number of rotatable bonds is 4. The Kier molecular flexibility index (Phi) is 5.66. The Hall–Kier alpha value is -3.01. The third-order valence-corrected chi connectivity index (χ3v) is 5.63. The molecule has 0 radical (unpaired) electrons. The Morgan fingerprint density at radius 1 is 1.06 bits per heavy atom. The maximum absolute atomic E-state index is 15.1. The maximum Gasteiger partial charge on any atom is 0.266 e. The van der Waals surface area contributed by atoms with Gasteiger partial charge in [-0.3, -0.25) is 4.79 Å². The number of amides is 1. The average Bonchev–Trinajstić information content (AvgIpc) is 3.06. The molecule has 0 unspecified atom stereocenters. The van der Waals surface area contributed by atoms with Gasteiger partial charge in [0.1, 0.15) is 23.0 Å². The molecule has 0 aliphatic carbocycles. The molecule has 0 saturated carbocycles. The lowest BCUT2D eigenvalue weighted by atomic mass is 10.1. The van der Waals surface area contributed by atoms with Crippen LogP contribution in [0.3, 0.4) is 0 Å². The zero-order chi connectivity index (χ0) is 23.2. The zero-order valence-corrected chi connectivity index (χ0v) is 18.6. The third-order valence-electron chi connectivity index (χ3n) is 4.53. The second-order valence-electron chi connectivity index (χ2n) is 6.92. The van der Waals surface area contributed by atoms with Crippen molar-refractivity contribution in [3.63, 3.8) is 0 Å². The molecule has 4 rings (SSSR count). The first-order valence-electron chi connectivity index (χ1n) is 8.99. The second-order valence-corrected chi connectivity index (χ2v) is 9.51. The normalized spacial score (nSPS) is 11.7. The Morgan fingerprint density at radius 2 is 1.81 bits per heavy atom. The zero-order valence-electron chi connectivity index (χ0n) is 16.2. The third kappa shape index (κ3) is 4.32. The van der Waals surface area contributed by atoms with Crippen molar-refractivity contribution in [3.05, 3.63) is 81.8 Å². The summed E-state index contributed by atoms with van der Waals surface area (Å²) >= 11 is 12.3. The number of halogens is 4. The van der Waals surface area contributed by atoms with Crippen LogP contribution in [0.15, 0.2) is 54.6 Å². The first-order chi connectivity index (χ1) is 15.0. The van der Waals surface area contributed by atoms with Gasteiger partial charge in [0.25, 0.3) is 5.91 Å². The molecule has 164 valence electrons. The number of benzene rings is 3. The summed E-state index contributed by atoms with van der Waals surface area (Å²) in [7, 11) is -3.87. The van der Waals surface area contributed by atoms with E-state index in [9.17, 15) is 17.6 Å². The lowest BCUT2D eigenvalue weighted by Crippen LogP contribution is -2.29. The molecular formula is C21H13Cl2F2N3O3S. The highest BCUT2D eigenvalue weighted by molar-refractivity contribution is 7.89. The molecule has 32 heavy (non-hydrogen) atoms. The van der Waals surface area contributed by atoms with E-state index in [4.69, 9.17) is 23.2 Å². The SMILES string of the molecule is CS(=O)(=O)NC(=O)c1cc(F)c(-n2nc(-c3cccc(F)c3)c3cc(Cl)ccc32)cc1Cl. The van der Waals surface area contributed by atoms with E-state index < -0.39 is 27.6 Å². The van der Waals surface area contributed by atoms with Crippen LogP contribution in [0.1, 0.15) is 10.4 Å². The van der Waals surface area contributed by atoms with Crippen LogP contribution in [0.5, 0.6) is 0 Å². The summed E-state index contributed by atoms with van der Waals surface area (Å²) in [5.41, 5.74) is 0.809. The number of hydrogen-bond donors (Lipinski definition) is 1. The van der Waals surface area contributed by atoms with Crippen LogP contribution in [0.25, 0.3) is 27.8 Å². The summed E-state index contributed by atoms with van der Waals surface area (Å²) in [5.74, 6) is -2.42. The fraction of sp³-hybridized carbons (Fsp3) is 0.0476. The summed E-state index contributed by atoms with van der Waals surface area (Å²) in [6, 6.07) is 12.5. The first kappa shape index (κ1) is 22.2. The predicted octanol–water partition coefficient (Wildman–Crippen LogP) is 4.97. The number of nitrogens with one attached hydrogen (secondary N) is 1. The molecule has 0 aliphatic rings. The van der Waals surface area contributed by atoms with Gasteiger partial charge in [-0.05, 0) is 42.5 Å². The van der Waals surface area contributed by atoms with Gasteiger partial charge in [0, 0.05) is 16.0 Å². The Balaban J connectivity index is 1.91. The van der Waals surface area contributed by atoms with Crippen LogP contribution in [-0.2, 0) is 10.0 Å². The molecule has 6 nitrogen and oxygen atoms in total. The Morgan fingerprint density at radius 3 is 2.50 bits per heavy atom.